The van der Waals surface area contributed by atoms with Crippen LogP contribution in [0.4, 0.5) is 5.69 Å². The quantitative estimate of drug-likeness (QED) is 0.581. The van der Waals surface area contributed by atoms with Gasteiger partial charge < -0.3 is 10.1 Å². The highest BCUT2D eigenvalue weighted by Gasteiger charge is 2.06. The van der Waals surface area contributed by atoms with Crippen molar-refractivity contribution < 1.29 is 4.74 Å². The van der Waals surface area contributed by atoms with Gasteiger partial charge in [-0.2, -0.15) is 0 Å². The molecule has 1 N–H and O–H groups in total. The lowest BCUT2D eigenvalue weighted by atomic mass is 10.1. The van der Waals surface area contributed by atoms with Gasteiger partial charge in [-0.1, -0.05) is 24.3 Å². The van der Waals surface area contributed by atoms with Crippen molar-refractivity contribution in [3.8, 4) is 5.88 Å². The largest absolute Gasteiger partial charge is 0.481 e. The Morgan fingerprint density at radius 2 is 1.85 bits per heavy atom. The molecule has 0 aliphatic heterocycles. The van der Waals surface area contributed by atoms with Crippen molar-refractivity contribution in [2.45, 2.75) is 13.0 Å². The van der Waals surface area contributed by atoms with Crippen LogP contribution >= 0.6 is 0 Å². The highest BCUT2D eigenvalue weighted by atomic mass is 16.5. The van der Waals surface area contributed by atoms with Gasteiger partial charge in [-0.25, -0.2) is 4.98 Å². The molecule has 4 aromatic rings. The third-order valence-electron chi connectivity index (χ3n) is 4.16. The number of benzene rings is 1. The zero-order valence-corrected chi connectivity index (χ0v) is 14.5. The molecule has 4 rings (SSSR count). The van der Waals surface area contributed by atoms with E-state index < -0.39 is 0 Å². The van der Waals surface area contributed by atoms with Gasteiger partial charge in [0.25, 0.3) is 0 Å². The molecule has 0 saturated carbocycles. The monoisotopic (exact) mass is 345 g/mol. The molecule has 0 radical (unpaired) electrons. The molecule has 6 nitrogen and oxygen atoms in total. The zero-order chi connectivity index (χ0) is 17.8. The molecule has 0 aliphatic rings. The molecule has 3 heterocycles. The first-order valence-electron chi connectivity index (χ1n) is 8.43. The molecule has 26 heavy (non-hydrogen) atoms. The van der Waals surface area contributed by atoms with Crippen LogP contribution in [-0.2, 0) is 13.0 Å². The Morgan fingerprint density at radius 3 is 2.69 bits per heavy atom. The van der Waals surface area contributed by atoms with Crippen molar-refractivity contribution in [2.24, 2.45) is 0 Å². The molecule has 0 fully saturated rings. The van der Waals surface area contributed by atoms with Gasteiger partial charge in [0, 0.05) is 24.4 Å². The topological polar surface area (TPSA) is 64.3 Å². The summed E-state index contributed by atoms with van der Waals surface area (Å²) >= 11 is 0. The van der Waals surface area contributed by atoms with Gasteiger partial charge in [0.15, 0.2) is 5.65 Å². The number of anilines is 1. The second-order valence-corrected chi connectivity index (χ2v) is 5.94. The Bertz CT molecular complexity index is 1010. The number of methoxy groups -OCH3 is 1. The van der Waals surface area contributed by atoms with Crippen molar-refractivity contribution in [1.82, 2.24) is 19.6 Å². The molecule has 0 amide bonds. The molecule has 0 aliphatic carbocycles. The molecule has 3 aromatic heterocycles. The van der Waals surface area contributed by atoms with Gasteiger partial charge in [-0.05, 0) is 35.9 Å². The third kappa shape index (κ3) is 3.49. The summed E-state index contributed by atoms with van der Waals surface area (Å²) in [6.07, 6.45) is 2.73. The van der Waals surface area contributed by atoms with Crippen molar-refractivity contribution in [2.75, 3.05) is 12.4 Å². The predicted molar refractivity (Wildman–Crippen MR) is 100 cm³/mol. The summed E-state index contributed by atoms with van der Waals surface area (Å²) in [5, 5.41) is 11.9. The maximum atomic E-state index is 5.15. The van der Waals surface area contributed by atoms with E-state index in [-0.39, 0.29) is 0 Å². The highest BCUT2D eigenvalue weighted by Crippen LogP contribution is 2.15. The van der Waals surface area contributed by atoms with E-state index in [1.807, 2.05) is 47.0 Å². The second-order valence-electron chi connectivity index (χ2n) is 5.94. The second kappa shape index (κ2) is 7.23. The number of fused-ring (bicyclic) bond motifs is 1. The first-order chi connectivity index (χ1) is 12.8. The van der Waals surface area contributed by atoms with Crippen LogP contribution in [-0.4, -0.2) is 26.7 Å². The SMILES string of the molecule is COc1cccc(CNc2ccc(Cc3nnc4ccccn34)cc2)n1. The van der Waals surface area contributed by atoms with E-state index >= 15 is 0 Å². The Balaban J connectivity index is 1.41. The average Bonchev–Trinajstić information content (AvgIpc) is 3.11. The molecule has 0 saturated heterocycles. The molecule has 1 aromatic carbocycles. The molecule has 0 bridgehead atoms. The van der Waals surface area contributed by atoms with Crippen LogP contribution in [0.15, 0.2) is 66.9 Å². The minimum Gasteiger partial charge on any atom is -0.481 e. The Morgan fingerprint density at radius 1 is 0.962 bits per heavy atom. The number of pyridine rings is 2. The molecule has 6 heteroatoms. The summed E-state index contributed by atoms with van der Waals surface area (Å²) in [4.78, 5) is 4.40. The van der Waals surface area contributed by atoms with Gasteiger partial charge in [-0.15, -0.1) is 10.2 Å². The maximum Gasteiger partial charge on any atom is 0.213 e. The van der Waals surface area contributed by atoms with Crippen molar-refractivity contribution in [3.63, 3.8) is 0 Å². The van der Waals surface area contributed by atoms with Gasteiger partial charge in [0.1, 0.15) is 5.82 Å². The molecular formula is C20H19N5O. The summed E-state index contributed by atoms with van der Waals surface area (Å²) in [6, 6.07) is 20.0. The van der Waals surface area contributed by atoms with E-state index in [9.17, 15) is 0 Å². The van der Waals surface area contributed by atoms with Crippen LogP contribution in [0.25, 0.3) is 5.65 Å². The number of rotatable bonds is 6. The Labute approximate surface area is 151 Å². The Kier molecular flexibility index (Phi) is 4.47. The van der Waals surface area contributed by atoms with Crippen LogP contribution in [0.2, 0.25) is 0 Å². The fourth-order valence-electron chi connectivity index (χ4n) is 2.80. The van der Waals surface area contributed by atoms with Crippen LogP contribution in [0.5, 0.6) is 5.88 Å². The van der Waals surface area contributed by atoms with Crippen LogP contribution in [0.1, 0.15) is 17.1 Å². The summed E-state index contributed by atoms with van der Waals surface area (Å²) in [6.45, 7) is 0.644. The maximum absolute atomic E-state index is 5.15. The lowest BCUT2D eigenvalue weighted by Crippen LogP contribution is -2.02. The number of nitrogens with one attached hydrogen (secondary N) is 1. The first-order valence-corrected chi connectivity index (χ1v) is 8.43. The van der Waals surface area contributed by atoms with Crippen molar-refractivity contribution in [1.29, 1.82) is 0 Å². The van der Waals surface area contributed by atoms with E-state index in [2.05, 4.69) is 44.8 Å². The smallest absolute Gasteiger partial charge is 0.213 e. The minimum atomic E-state index is 0.625. The number of hydrogen-bond donors (Lipinski definition) is 1. The lowest BCUT2D eigenvalue weighted by molar-refractivity contribution is 0.396. The molecule has 0 unspecified atom stereocenters. The van der Waals surface area contributed by atoms with E-state index in [1.54, 1.807) is 7.11 Å². The van der Waals surface area contributed by atoms with E-state index in [1.165, 1.54) is 5.56 Å². The van der Waals surface area contributed by atoms with Crippen LogP contribution in [0, 0.1) is 0 Å². The zero-order valence-electron chi connectivity index (χ0n) is 14.5. The highest BCUT2D eigenvalue weighted by molar-refractivity contribution is 5.46. The van der Waals surface area contributed by atoms with Gasteiger partial charge >= 0.3 is 0 Å². The number of aromatic nitrogens is 4. The summed E-state index contributed by atoms with van der Waals surface area (Å²) in [5.74, 6) is 1.56. The standard InChI is InChI=1S/C20H19N5O/c1-26-20-7-4-5-17(22-20)14-21-16-10-8-15(9-11-16)13-19-24-23-18-6-2-3-12-25(18)19/h2-12,21H,13-14H2,1H3. The molecule has 130 valence electrons. The Hall–Kier alpha value is -3.41. The van der Waals surface area contributed by atoms with Crippen LogP contribution < -0.4 is 10.1 Å². The molecule has 0 spiro atoms. The third-order valence-corrected chi connectivity index (χ3v) is 4.16. The molecular weight excluding hydrogens is 326 g/mol. The normalized spacial score (nSPS) is 10.8. The summed E-state index contributed by atoms with van der Waals surface area (Å²) in [7, 11) is 1.62. The number of ether oxygens (including phenoxy) is 1. The van der Waals surface area contributed by atoms with E-state index in [0.717, 1.165) is 29.3 Å². The van der Waals surface area contributed by atoms with Gasteiger partial charge in [0.2, 0.25) is 5.88 Å². The van der Waals surface area contributed by atoms with E-state index in [0.29, 0.717) is 12.4 Å². The summed E-state index contributed by atoms with van der Waals surface area (Å²) < 4.78 is 7.17. The van der Waals surface area contributed by atoms with E-state index in [4.69, 9.17) is 4.74 Å². The summed E-state index contributed by atoms with van der Waals surface area (Å²) in [5.41, 5.74) is 4.03. The average molecular weight is 345 g/mol. The fourth-order valence-corrected chi connectivity index (χ4v) is 2.80. The fraction of sp³-hybridized carbons (Fsp3) is 0.150. The predicted octanol–water partition coefficient (Wildman–Crippen LogP) is 3.34. The minimum absolute atomic E-state index is 0.625. The molecule has 0 atom stereocenters. The first kappa shape index (κ1) is 16.1. The number of nitrogens with zero attached hydrogens (tertiary/aromatic N) is 4. The lowest BCUT2D eigenvalue weighted by Gasteiger charge is -2.08. The van der Waals surface area contributed by atoms with Crippen molar-refractivity contribution in [3.05, 3.63) is 83.9 Å². The van der Waals surface area contributed by atoms with Gasteiger partial charge in [-0.3, -0.25) is 4.40 Å². The van der Waals surface area contributed by atoms with Crippen molar-refractivity contribution >= 4 is 11.3 Å². The van der Waals surface area contributed by atoms with Crippen LogP contribution in [0.3, 0.4) is 0 Å². The number of hydrogen-bond acceptors (Lipinski definition) is 5. The van der Waals surface area contributed by atoms with Gasteiger partial charge in [0.05, 0.1) is 19.3 Å².